The first-order valence-corrected chi connectivity index (χ1v) is 14.3. The zero-order valence-corrected chi connectivity index (χ0v) is 23.9. The lowest BCUT2D eigenvalue weighted by Crippen LogP contribution is -2.61. The number of carbonyl (C=O) groups is 2. The molecule has 40 heavy (non-hydrogen) atoms. The third-order valence-corrected chi connectivity index (χ3v) is 8.18. The van der Waals surface area contributed by atoms with Crippen molar-refractivity contribution < 1.29 is 14.3 Å². The zero-order chi connectivity index (χ0) is 28.1. The van der Waals surface area contributed by atoms with E-state index in [0.29, 0.717) is 32.7 Å². The van der Waals surface area contributed by atoms with E-state index in [1.54, 1.807) is 6.92 Å². The summed E-state index contributed by atoms with van der Waals surface area (Å²) in [4.78, 5) is 29.9. The van der Waals surface area contributed by atoms with E-state index < -0.39 is 0 Å². The van der Waals surface area contributed by atoms with Crippen LogP contribution >= 0.6 is 11.6 Å². The van der Waals surface area contributed by atoms with Gasteiger partial charge in [0.15, 0.2) is 0 Å². The van der Waals surface area contributed by atoms with Crippen molar-refractivity contribution in [3.05, 3.63) is 106 Å². The number of hydrogen-bond donors (Lipinski definition) is 1. The summed E-state index contributed by atoms with van der Waals surface area (Å²) in [6.45, 7) is 3.88. The van der Waals surface area contributed by atoms with Crippen molar-refractivity contribution >= 4 is 29.0 Å². The topological polar surface area (TPSA) is 61.9 Å². The molecule has 0 aliphatic carbocycles. The molecule has 0 radical (unpaired) electrons. The van der Waals surface area contributed by atoms with E-state index in [2.05, 4.69) is 17.4 Å². The predicted octanol–water partition coefficient (Wildman–Crippen LogP) is 5.01. The van der Waals surface area contributed by atoms with Crippen molar-refractivity contribution in [2.45, 2.75) is 38.3 Å². The number of nitrogens with one attached hydrogen (secondary N) is 1. The monoisotopic (exact) mass is 557 g/mol. The van der Waals surface area contributed by atoms with Crippen LogP contribution in [0.15, 0.2) is 84.4 Å². The third-order valence-electron chi connectivity index (χ3n) is 7.81. The number of ether oxygens (including phenoxy) is 1. The van der Waals surface area contributed by atoms with E-state index in [1.165, 1.54) is 5.56 Å². The molecule has 3 aromatic carbocycles. The Morgan fingerprint density at radius 2 is 1.70 bits per heavy atom. The quantitative estimate of drug-likeness (QED) is 0.402. The Labute approximate surface area is 241 Å². The molecule has 1 N–H and O–H groups in total. The predicted molar refractivity (Wildman–Crippen MR) is 159 cm³/mol. The third kappa shape index (κ3) is 6.57. The van der Waals surface area contributed by atoms with Gasteiger partial charge in [-0.3, -0.25) is 9.59 Å². The van der Waals surface area contributed by atoms with Crippen LogP contribution in [0.4, 0.5) is 0 Å². The van der Waals surface area contributed by atoms with Crippen LogP contribution in [0.25, 0.3) is 5.57 Å². The first-order valence-electron chi connectivity index (χ1n) is 13.9. The summed E-state index contributed by atoms with van der Waals surface area (Å²) in [5, 5.41) is 4.37. The van der Waals surface area contributed by atoms with Gasteiger partial charge in [-0.1, -0.05) is 72.3 Å². The van der Waals surface area contributed by atoms with Gasteiger partial charge >= 0.3 is 0 Å². The molecule has 3 aromatic rings. The smallest absolute Gasteiger partial charge is 0.251 e. The fourth-order valence-electron chi connectivity index (χ4n) is 5.61. The second-order valence-corrected chi connectivity index (χ2v) is 11.0. The molecular formula is C33H36ClN3O3. The van der Waals surface area contributed by atoms with Crippen molar-refractivity contribution in [3.8, 4) is 5.75 Å². The molecule has 0 spiro atoms. The molecule has 208 valence electrons. The van der Waals surface area contributed by atoms with Crippen LogP contribution in [-0.4, -0.2) is 67.0 Å². The van der Waals surface area contributed by atoms with Crippen molar-refractivity contribution in [2.24, 2.45) is 0 Å². The van der Waals surface area contributed by atoms with Crippen LogP contribution < -0.4 is 10.1 Å². The minimum absolute atomic E-state index is 0.00681. The minimum atomic E-state index is -0.204. The Hall–Kier alpha value is -3.61. The van der Waals surface area contributed by atoms with Crippen LogP contribution in [0.2, 0.25) is 5.02 Å². The summed E-state index contributed by atoms with van der Waals surface area (Å²) < 4.78 is 6.00. The molecule has 2 bridgehead atoms. The van der Waals surface area contributed by atoms with E-state index in [1.807, 2.05) is 83.6 Å². The molecule has 0 aromatic heterocycles. The number of carbonyl (C=O) groups excluding carboxylic acids is 2. The highest BCUT2D eigenvalue weighted by molar-refractivity contribution is 6.31. The number of fused-ring (bicyclic) bond motifs is 2. The zero-order valence-electron chi connectivity index (χ0n) is 23.1. The largest absolute Gasteiger partial charge is 0.493 e. The molecule has 2 aliphatic rings. The number of likely N-dealkylation sites (N-methyl/N-ethyl adjacent to an activating group) is 1. The highest BCUT2D eigenvalue weighted by atomic mass is 35.5. The SMILES string of the molecule is CC(=O)N1C[C@H]2CC(c3ccc(OCCc4ccccc4Cl)cc3)=C(C(=O)N(C)CCc3ccccc3)[C@@H](C1)N2. The second-order valence-electron chi connectivity index (χ2n) is 10.6. The van der Waals surface area contributed by atoms with Gasteiger partial charge in [0, 0.05) is 56.7 Å². The van der Waals surface area contributed by atoms with Crippen LogP contribution in [0.5, 0.6) is 5.75 Å². The van der Waals surface area contributed by atoms with Crippen LogP contribution in [0.3, 0.4) is 0 Å². The van der Waals surface area contributed by atoms with Gasteiger partial charge in [-0.25, -0.2) is 0 Å². The Balaban J connectivity index is 1.35. The van der Waals surface area contributed by atoms with Gasteiger partial charge < -0.3 is 19.9 Å². The van der Waals surface area contributed by atoms with E-state index in [0.717, 1.165) is 45.9 Å². The Kier molecular flexibility index (Phi) is 8.88. The molecule has 2 atom stereocenters. The Morgan fingerprint density at radius 3 is 2.42 bits per heavy atom. The summed E-state index contributed by atoms with van der Waals surface area (Å²) in [7, 11) is 1.86. The first kappa shape index (κ1) is 27.9. The summed E-state index contributed by atoms with van der Waals surface area (Å²) in [5.41, 5.74) is 5.09. The van der Waals surface area contributed by atoms with Crippen molar-refractivity contribution in [2.75, 3.05) is 33.3 Å². The number of benzene rings is 3. The van der Waals surface area contributed by atoms with Gasteiger partial charge in [0.05, 0.1) is 12.6 Å². The molecule has 2 heterocycles. The van der Waals surface area contributed by atoms with Crippen LogP contribution in [-0.2, 0) is 22.4 Å². The molecule has 2 aliphatic heterocycles. The van der Waals surface area contributed by atoms with Gasteiger partial charge in [-0.15, -0.1) is 0 Å². The normalized spacial score (nSPS) is 18.4. The van der Waals surface area contributed by atoms with Gasteiger partial charge in [-0.05, 0) is 53.3 Å². The number of hydrogen-bond acceptors (Lipinski definition) is 4. The number of nitrogens with zero attached hydrogens (tertiary/aromatic N) is 2. The van der Waals surface area contributed by atoms with Crippen LogP contribution in [0, 0.1) is 0 Å². The summed E-state index contributed by atoms with van der Waals surface area (Å²) >= 11 is 6.27. The van der Waals surface area contributed by atoms with Gasteiger partial charge in [0.25, 0.3) is 5.91 Å². The van der Waals surface area contributed by atoms with E-state index in [4.69, 9.17) is 16.3 Å². The van der Waals surface area contributed by atoms with Gasteiger partial charge in [0.2, 0.25) is 5.91 Å². The summed E-state index contributed by atoms with van der Waals surface area (Å²) in [5.74, 6) is 0.830. The first-order chi connectivity index (χ1) is 19.4. The standard InChI is InChI=1S/C33H36ClN3O3/c1-23(38)37-21-27-20-29(25-12-14-28(15-13-25)40-19-17-26-10-6-7-11-30(26)34)32(31(22-37)35-27)33(39)36(2)18-16-24-8-4-3-5-9-24/h3-15,27,31,35H,16-22H2,1-2H3/t27-,31-/m1/s1. The lowest BCUT2D eigenvalue weighted by atomic mass is 9.83. The number of piperazine rings is 1. The number of rotatable bonds is 9. The Morgan fingerprint density at radius 1 is 0.975 bits per heavy atom. The molecule has 1 saturated heterocycles. The highest BCUT2D eigenvalue weighted by Crippen LogP contribution is 2.34. The van der Waals surface area contributed by atoms with E-state index >= 15 is 0 Å². The van der Waals surface area contributed by atoms with Crippen LogP contribution in [0.1, 0.15) is 30.0 Å². The lowest BCUT2D eigenvalue weighted by Gasteiger charge is -2.44. The molecule has 7 heteroatoms. The van der Waals surface area contributed by atoms with Crippen molar-refractivity contribution in [1.82, 2.24) is 15.1 Å². The maximum Gasteiger partial charge on any atom is 0.251 e. The average Bonchev–Trinajstić information content (AvgIpc) is 2.97. The fraction of sp³-hybridized carbons (Fsp3) is 0.333. The average molecular weight is 558 g/mol. The highest BCUT2D eigenvalue weighted by Gasteiger charge is 2.39. The van der Waals surface area contributed by atoms with Crippen molar-refractivity contribution in [1.29, 1.82) is 0 Å². The van der Waals surface area contributed by atoms with E-state index in [9.17, 15) is 9.59 Å². The maximum absolute atomic E-state index is 13.9. The molecule has 6 nitrogen and oxygen atoms in total. The molecule has 1 fully saturated rings. The van der Waals surface area contributed by atoms with Gasteiger partial charge in [0.1, 0.15) is 5.75 Å². The minimum Gasteiger partial charge on any atom is -0.493 e. The summed E-state index contributed by atoms with van der Waals surface area (Å²) in [6, 6.07) is 25.9. The van der Waals surface area contributed by atoms with E-state index in [-0.39, 0.29) is 23.9 Å². The molecule has 5 rings (SSSR count). The maximum atomic E-state index is 13.9. The lowest BCUT2D eigenvalue weighted by molar-refractivity contribution is -0.132. The Bertz CT molecular complexity index is 1370. The summed E-state index contributed by atoms with van der Waals surface area (Å²) in [6.07, 6.45) is 2.19. The molecule has 2 amide bonds. The van der Waals surface area contributed by atoms with Gasteiger partial charge in [-0.2, -0.15) is 0 Å². The molecule has 0 unspecified atom stereocenters. The fourth-order valence-corrected chi connectivity index (χ4v) is 5.84. The second kappa shape index (κ2) is 12.7. The number of amides is 2. The van der Waals surface area contributed by atoms with Crippen molar-refractivity contribution in [3.63, 3.8) is 0 Å². The molecular weight excluding hydrogens is 522 g/mol. The number of halogens is 1. The molecule has 0 saturated carbocycles.